The van der Waals surface area contributed by atoms with Crippen molar-refractivity contribution in [3.63, 3.8) is 0 Å². The molecule has 0 aliphatic carbocycles. The van der Waals surface area contributed by atoms with Crippen molar-refractivity contribution in [3.8, 4) is 5.75 Å². The zero-order valence-corrected chi connectivity index (χ0v) is 14.7. The van der Waals surface area contributed by atoms with Gasteiger partial charge < -0.3 is 4.74 Å². The fourth-order valence-electron chi connectivity index (χ4n) is 2.58. The van der Waals surface area contributed by atoms with Crippen LogP contribution in [0.4, 0.5) is 0 Å². The Labute approximate surface area is 142 Å². The van der Waals surface area contributed by atoms with Crippen LogP contribution < -0.4 is 4.74 Å². The second kappa shape index (κ2) is 6.69. The molecule has 0 saturated heterocycles. The Hall–Kier alpha value is -2.27. The highest BCUT2D eigenvalue weighted by Gasteiger charge is 2.21. The molecular weight excluding hydrogens is 322 g/mol. The number of rotatable bonds is 6. The van der Waals surface area contributed by atoms with E-state index in [1.807, 2.05) is 25.1 Å². The zero-order chi connectivity index (χ0) is 17.2. The van der Waals surface area contributed by atoms with Gasteiger partial charge in [0.25, 0.3) is 10.0 Å². The first-order valence-electron chi connectivity index (χ1n) is 8.09. The molecule has 0 aliphatic heterocycles. The van der Waals surface area contributed by atoms with Crippen molar-refractivity contribution < 1.29 is 13.2 Å². The number of unbranched alkanes of at least 4 members (excludes halogenated alkanes) is 1. The van der Waals surface area contributed by atoms with E-state index >= 15 is 0 Å². The van der Waals surface area contributed by atoms with Crippen LogP contribution in [-0.4, -0.2) is 19.0 Å². The summed E-state index contributed by atoms with van der Waals surface area (Å²) in [6.07, 6.45) is 3.54. The number of para-hydroxylation sites is 1. The number of benzene rings is 2. The Bertz CT molecular complexity index is 940. The largest absolute Gasteiger partial charge is 0.491 e. The standard InChI is InChI=1S/C19H21NO3S/c1-3-4-13-23-19-14-20(18-8-6-5-7-17(18)19)24(21,22)16-11-9-15(2)10-12-16/h5-12,14H,3-4,13H2,1-2H3. The summed E-state index contributed by atoms with van der Waals surface area (Å²) in [6.45, 7) is 4.60. The number of fused-ring (bicyclic) bond motifs is 1. The number of nitrogens with zero attached hydrogens (tertiary/aromatic N) is 1. The van der Waals surface area contributed by atoms with E-state index in [1.54, 1.807) is 36.5 Å². The summed E-state index contributed by atoms with van der Waals surface area (Å²) in [5.74, 6) is 0.606. The van der Waals surface area contributed by atoms with Crippen molar-refractivity contribution in [2.24, 2.45) is 0 Å². The molecule has 0 amide bonds. The summed E-state index contributed by atoms with van der Waals surface area (Å²) >= 11 is 0. The highest BCUT2D eigenvalue weighted by molar-refractivity contribution is 7.90. The summed E-state index contributed by atoms with van der Waals surface area (Å²) in [5, 5.41) is 0.810. The van der Waals surface area contributed by atoms with Crippen LogP contribution in [-0.2, 0) is 10.0 Å². The van der Waals surface area contributed by atoms with Crippen molar-refractivity contribution >= 4 is 20.9 Å². The van der Waals surface area contributed by atoms with Crippen LogP contribution >= 0.6 is 0 Å². The molecular formula is C19H21NO3S. The van der Waals surface area contributed by atoms with E-state index in [0.29, 0.717) is 17.9 Å². The second-order valence-electron chi connectivity index (χ2n) is 5.83. The molecule has 0 saturated carbocycles. The smallest absolute Gasteiger partial charge is 0.268 e. The normalized spacial score (nSPS) is 11.8. The van der Waals surface area contributed by atoms with Crippen molar-refractivity contribution in [2.75, 3.05) is 6.61 Å². The highest BCUT2D eigenvalue weighted by Crippen LogP contribution is 2.31. The van der Waals surface area contributed by atoms with Gasteiger partial charge in [-0.3, -0.25) is 0 Å². The lowest BCUT2D eigenvalue weighted by molar-refractivity contribution is 0.312. The van der Waals surface area contributed by atoms with Crippen LogP contribution in [0.3, 0.4) is 0 Å². The second-order valence-corrected chi connectivity index (χ2v) is 7.64. The van der Waals surface area contributed by atoms with Crippen LogP contribution in [0.15, 0.2) is 59.6 Å². The van der Waals surface area contributed by atoms with E-state index in [2.05, 4.69) is 6.92 Å². The number of aromatic nitrogens is 1. The summed E-state index contributed by atoms with van der Waals surface area (Å²) in [7, 11) is -3.66. The van der Waals surface area contributed by atoms with Crippen LogP contribution in [0.25, 0.3) is 10.9 Å². The van der Waals surface area contributed by atoms with E-state index in [9.17, 15) is 8.42 Å². The Morgan fingerprint density at radius 3 is 2.46 bits per heavy atom. The zero-order valence-electron chi connectivity index (χ0n) is 13.9. The van der Waals surface area contributed by atoms with E-state index in [0.717, 1.165) is 23.8 Å². The third kappa shape index (κ3) is 3.04. The first-order chi connectivity index (χ1) is 11.5. The summed E-state index contributed by atoms with van der Waals surface area (Å²) < 4.78 is 33.1. The fraction of sp³-hybridized carbons (Fsp3) is 0.263. The third-order valence-corrected chi connectivity index (χ3v) is 5.66. The van der Waals surface area contributed by atoms with Crippen LogP contribution in [0.5, 0.6) is 5.75 Å². The number of hydrogen-bond acceptors (Lipinski definition) is 3. The van der Waals surface area contributed by atoms with Gasteiger partial charge in [0.1, 0.15) is 5.75 Å². The Kier molecular flexibility index (Phi) is 4.62. The first kappa shape index (κ1) is 16.6. The minimum absolute atomic E-state index is 0.272. The van der Waals surface area contributed by atoms with Crippen LogP contribution in [0.1, 0.15) is 25.3 Å². The Morgan fingerprint density at radius 2 is 1.75 bits per heavy atom. The molecule has 0 atom stereocenters. The lowest BCUT2D eigenvalue weighted by Gasteiger charge is -2.07. The van der Waals surface area contributed by atoms with Crippen molar-refractivity contribution in [1.82, 2.24) is 3.97 Å². The van der Waals surface area contributed by atoms with Crippen molar-refractivity contribution in [1.29, 1.82) is 0 Å². The predicted molar refractivity (Wildman–Crippen MR) is 96.1 cm³/mol. The van der Waals surface area contributed by atoms with Gasteiger partial charge in [0.15, 0.2) is 0 Å². The predicted octanol–water partition coefficient (Wildman–Crippen LogP) is 4.37. The maximum Gasteiger partial charge on any atom is 0.268 e. The topological polar surface area (TPSA) is 48.3 Å². The molecule has 5 heteroatoms. The Morgan fingerprint density at radius 1 is 1.04 bits per heavy atom. The molecule has 4 nitrogen and oxygen atoms in total. The monoisotopic (exact) mass is 343 g/mol. The molecule has 0 fully saturated rings. The fourth-order valence-corrected chi connectivity index (χ4v) is 3.94. The molecule has 0 radical (unpaired) electrons. The van der Waals surface area contributed by atoms with Gasteiger partial charge in [-0.25, -0.2) is 12.4 Å². The maximum atomic E-state index is 13.0. The molecule has 2 aromatic carbocycles. The molecule has 3 rings (SSSR count). The molecule has 1 heterocycles. The minimum Gasteiger partial charge on any atom is -0.491 e. The lowest BCUT2D eigenvalue weighted by Crippen LogP contribution is -2.11. The van der Waals surface area contributed by atoms with Gasteiger partial charge in [-0.1, -0.05) is 43.2 Å². The van der Waals surface area contributed by atoms with E-state index in [1.165, 1.54) is 3.97 Å². The van der Waals surface area contributed by atoms with Gasteiger partial charge in [-0.05, 0) is 37.6 Å². The van der Waals surface area contributed by atoms with Gasteiger partial charge >= 0.3 is 0 Å². The third-order valence-electron chi connectivity index (χ3n) is 3.97. The molecule has 126 valence electrons. The summed E-state index contributed by atoms with van der Waals surface area (Å²) in [5.41, 5.74) is 1.65. The molecule has 24 heavy (non-hydrogen) atoms. The van der Waals surface area contributed by atoms with Gasteiger partial charge in [-0.15, -0.1) is 0 Å². The van der Waals surface area contributed by atoms with E-state index < -0.39 is 10.0 Å². The van der Waals surface area contributed by atoms with Crippen molar-refractivity contribution in [2.45, 2.75) is 31.6 Å². The molecule has 0 bridgehead atoms. The lowest BCUT2D eigenvalue weighted by atomic mass is 10.2. The quantitative estimate of drug-likeness (QED) is 0.625. The van der Waals surface area contributed by atoms with E-state index in [-0.39, 0.29) is 4.90 Å². The average Bonchev–Trinajstić information content (AvgIpc) is 2.95. The first-order valence-corrected chi connectivity index (χ1v) is 9.53. The van der Waals surface area contributed by atoms with Gasteiger partial charge in [0.2, 0.25) is 0 Å². The number of aryl methyl sites for hydroxylation is 1. The summed E-state index contributed by atoms with van der Waals surface area (Å²) in [4.78, 5) is 0.272. The van der Waals surface area contributed by atoms with Gasteiger partial charge in [0, 0.05) is 5.39 Å². The van der Waals surface area contributed by atoms with Crippen LogP contribution in [0.2, 0.25) is 0 Å². The minimum atomic E-state index is -3.66. The molecule has 0 spiro atoms. The summed E-state index contributed by atoms with van der Waals surface area (Å²) in [6, 6.07) is 14.3. The molecule has 0 N–H and O–H groups in total. The van der Waals surface area contributed by atoms with E-state index in [4.69, 9.17) is 4.74 Å². The van der Waals surface area contributed by atoms with Gasteiger partial charge in [-0.2, -0.15) is 0 Å². The van der Waals surface area contributed by atoms with Crippen LogP contribution in [0, 0.1) is 6.92 Å². The highest BCUT2D eigenvalue weighted by atomic mass is 32.2. The number of hydrogen-bond donors (Lipinski definition) is 0. The SMILES string of the molecule is CCCCOc1cn(S(=O)(=O)c2ccc(C)cc2)c2ccccc12. The van der Waals surface area contributed by atoms with Crippen molar-refractivity contribution in [3.05, 3.63) is 60.3 Å². The molecule has 0 unspecified atom stereocenters. The Balaban J connectivity index is 2.10. The molecule has 3 aromatic rings. The average molecular weight is 343 g/mol. The number of ether oxygens (including phenoxy) is 1. The molecule has 1 aromatic heterocycles. The molecule has 0 aliphatic rings. The van der Waals surface area contributed by atoms with Gasteiger partial charge in [0.05, 0.1) is 23.2 Å². The maximum absolute atomic E-state index is 13.0.